The zero-order valence-electron chi connectivity index (χ0n) is 18.6. The van der Waals surface area contributed by atoms with E-state index in [9.17, 15) is 19.6 Å². The molecule has 0 saturated heterocycles. The summed E-state index contributed by atoms with van der Waals surface area (Å²) in [5.41, 5.74) is 1.91. The van der Waals surface area contributed by atoms with Gasteiger partial charge in [0.15, 0.2) is 0 Å². The molecule has 1 aliphatic heterocycles. The molecule has 2 atom stereocenters. The summed E-state index contributed by atoms with van der Waals surface area (Å²) in [6.07, 6.45) is 3.32. The summed E-state index contributed by atoms with van der Waals surface area (Å²) in [4.78, 5) is 39.0. The summed E-state index contributed by atoms with van der Waals surface area (Å²) in [5, 5.41) is 13.0. The van der Waals surface area contributed by atoms with Gasteiger partial charge in [-0.15, -0.1) is 0 Å². The zero-order chi connectivity index (χ0) is 22.3. The van der Waals surface area contributed by atoms with Crippen molar-refractivity contribution in [2.75, 3.05) is 13.1 Å². The van der Waals surface area contributed by atoms with Crippen LogP contribution in [-0.4, -0.2) is 52.5 Å². The molecule has 1 aromatic rings. The average Bonchev–Trinajstić information content (AvgIpc) is 2.72. The lowest BCUT2D eigenvalue weighted by molar-refractivity contribution is -0.155. The van der Waals surface area contributed by atoms with Crippen molar-refractivity contribution >= 4 is 18.2 Å². The predicted octanol–water partition coefficient (Wildman–Crippen LogP) is 2.76. The van der Waals surface area contributed by atoms with Crippen LogP contribution < -0.4 is 5.32 Å². The van der Waals surface area contributed by atoms with Crippen molar-refractivity contribution in [1.29, 1.82) is 0 Å². The number of hydrogen-bond acceptors (Lipinski definition) is 4. The van der Waals surface area contributed by atoms with E-state index in [1.54, 1.807) is 0 Å². The number of rotatable bonds is 9. The van der Waals surface area contributed by atoms with Gasteiger partial charge >= 0.3 is 0 Å². The summed E-state index contributed by atoms with van der Waals surface area (Å²) in [5.74, 6) is -0.981. The van der Waals surface area contributed by atoms with E-state index in [1.165, 1.54) is 5.56 Å². The fraction of sp³-hybridized carbons (Fsp3) is 0.609. The Morgan fingerprint density at radius 1 is 1.27 bits per heavy atom. The molecular formula is C23H35N3O4. The molecular weight excluding hydrogens is 382 g/mol. The molecule has 0 radical (unpaired) electrons. The van der Waals surface area contributed by atoms with Crippen molar-refractivity contribution in [2.24, 2.45) is 11.3 Å². The molecule has 0 saturated carbocycles. The molecule has 1 aromatic carbocycles. The van der Waals surface area contributed by atoms with E-state index >= 15 is 0 Å². The Bertz CT molecular complexity index is 744. The minimum Gasteiger partial charge on any atom is -0.344 e. The number of hydrogen-bond donors (Lipinski definition) is 2. The van der Waals surface area contributed by atoms with Crippen molar-refractivity contribution in [2.45, 2.75) is 66.0 Å². The van der Waals surface area contributed by atoms with Gasteiger partial charge in [0.1, 0.15) is 6.04 Å². The fourth-order valence-electron chi connectivity index (χ4n) is 3.80. The Hall–Kier alpha value is -2.41. The molecule has 2 rings (SSSR count). The van der Waals surface area contributed by atoms with Crippen LogP contribution in [-0.2, 0) is 27.3 Å². The van der Waals surface area contributed by atoms with Crippen LogP contribution in [0.4, 0.5) is 0 Å². The molecule has 7 heteroatoms. The van der Waals surface area contributed by atoms with Crippen LogP contribution in [0.25, 0.3) is 0 Å². The fourth-order valence-corrected chi connectivity index (χ4v) is 3.80. The highest BCUT2D eigenvalue weighted by Gasteiger charge is 2.37. The van der Waals surface area contributed by atoms with Gasteiger partial charge in [-0.05, 0) is 29.4 Å². The smallest absolute Gasteiger partial charge is 0.246 e. The Morgan fingerprint density at radius 2 is 1.93 bits per heavy atom. The largest absolute Gasteiger partial charge is 0.344 e. The summed E-state index contributed by atoms with van der Waals surface area (Å²) < 4.78 is 0. The number of unbranched alkanes of at least 4 members (excludes halogenated alkanes) is 1. The third-order valence-electron chi connectivity index (χ3n) is 5.65. The quantitative estimate of drug-likeness (QED) is 0.367. The first kappa shape index (κ1) is 23.9. The first-order chi connectivity index (χ1) is 14.2. The van der Waals surface area contributed by atoms with Crippen LogP contribution in [0.1, 0.15) is 58.1 Å². The maximum absolute atomic E-state index is 13.4. The monoisotopic (exact) mass is 417 g/mol. The highest BCUT2D eigenvalue weighted by molar-refractivity contribution is 5.89. The van der Waals surface area contributed by atoms with Gasteiger partial charge < -0.3 is 10.2 Å². The maximum atomic E-state index is 13.4. The molecule has 3 amide bonds. The zero-order valence-corrected chi connectivity index (χ0v) is 18.6. The molecule has 2 N–H and O–H groups in total. The minimum atomic E-state index is -0.692. The number of carbonyl (C=O) groups is 3. The van der Waals surface area contributed by atoms with E-state index in [1.807, 2.05) is 50.8 Å². The van der Waals surface area contributed by atoms with Gasteiger partial charge in [-0.1, -0.05) is 64.8 Å². The van der Waals surface area contributed by atoms with Crippen LogP contribution in [0.3, 0.4) is 0 Å². The lowest BCUT2D eigenvalue weighted by Gasteiger charge is -2.37. The lowest BCUT2D eigenvalue weighted by Crippen LogP contribution is -2.57. The Balaban J connectivity index is 2.15. The Kier molecular flexibility index (Phi) is 8.41. The lowest BCUT2D eigenvalue weighted by atomic mass is 9.84. The Morgan fingerprint density at radius 3 is 2.53 bits per heavy atom. The first-order valence-electron chi connectivity index (χ1n) is 10.7. The van der Waals surface area contributed by atoms with Gasteiger partial charge in [0.2, 0.25) is 18.2 Å². The molecule has 0 unspecified atom stereocenters. The molecule has 1 aliphatic rings. The van der Waals surface area contributed by atoms with Crippen LogP contribution in [0.15, 0.2) is 24.3 Å². The normalized spacial score (nSPS) is 15.7. The van der Waals surface area contributed by atoms with E-state index in [2.05, 4.69) is 11.4 Å². The van der Waals surface area contributed by atoms with Crippen molar-refractivity contribution in [3.8, 4) is 0 Å². The number of fused-ring (bicyclic) bond motifs is 1. The number of amides is 3. The van der Waals surface area contributed by atoms with E-state index in [0.29, 0.717) is 31.0 Å². The van der Waals surface area contributed by atoms with Crippen molar-refractivity contribution in [3.63, 3.8) is 0 Å². The SMILES string of the molecule is CCCC[C@@H](CN(O)C=O)C(=O)N[C@H](C(=O)N1CCc2ccccc2C1)C(C)(C)C. The van der Waals surface area contributed by atoms with E-state index < -0.39 is 17.4 Å². The van der Waals surface area contributed by atoms with Crippen molar-refractivity contribution in [3.05, 3.63) is 35.4 Å². The second kappa shape index (κ2) is 10.6. The van der Waals surface area contributed by atoms with E-state index in [4.69, 9.17) is 0 Å². The highest BCUT2D eigenvalue weighted by atomic mass is 16.5. The number of benzene rings is 1. The van der Waals surface area contributed by atoms with Crippen molar-refractivity contribution in [1.82, 2.24) is 15.3 Å². The molecule has 0 aliphatic carbocycles. The summed E-state index contributed by atoms with van der Waals surface area (Å²) in [7, 11) is 0. The van der Waals surface area contributed by atoms with E-state index in [-0.39, 0.29) is 18.4 Å². The van der Waals surface area contributed by atoms with Gasteiger partial charge in [0, 0.05) is 13.1 Å². The molecule has 0 fully saturated rings. The van der Waals surface area contributed by atoms with Gasteiger partial charge in [0.25, 0.3) is 0 Å². The predicted molar refractivity (Wildman–Crippen MR) is 115 cm³/mol. The molecule has 30 heavy (non-hydrogen) atoms. The van der Waals surface area contributed by atoms with Crippen molar-refractivity contribution < 1.29 is 19.6 Å². The Labute approximate surface area is 179 Å². The first-order valence-corrected chi connectivity index (χ1v) is 10.7. The van der Waals surface area contributed by atoms with E-state index in [0.717, 1.165) is 24.8 Å². The molecule has 0 bridgehead atoms. The summed E-state index contributed by atoms with van der Waals surface area (Å²) >= 11 is 0. The van der Waals surface area contributed by atoms with Crippen LogP contribution in [0.5, 0.6) is 0 Å². The number of carbonyl (C=O) groups excluding carboxylic acids is 3. The molecule has 166 valence electrons. The third kappa shape index (κ3) is 6.29. The average molecular weight is 418 g/mol. The second-order valence-corrected chi connectivity index (χ2v) is 9.15. The minimum absolute atomic E-state index is 0.0858. The van der Waals surface area contributed by atoms with Gasteiger partial charge in [0.05, 0.1) is 12.5 Å². The van der Waals surface area contributed by atoms with Gasteiger partial charge in [-0.2, -0.15) is 0 Å². The highest BCUT2D eigenvalue weighted by Crippen LogP contribution is 2.25. The topological polar surface area (TPSA) is 90.0 Å². The summed E-state index contributed by atoms with van der Waals surface area (Å²) in [6, 6.07) is 7.42. The van der Waals surface area contributed by atoms with Gasteiger partial charge in [-0.25, -0.2) is 5.06 Å². The van der Waals surface area contributed by atoms with Crippen LogP contribution in [0, 0.1) is 11.3 Å². The second-order valence-electron chi connectivity index (χ2n) is 9.15. The third-order valence-corrected chi connectivity index (χ3v) is 5.65. The maximum Gasteiger partial charge on any atom is 0.246 e. The number of hydroxylamine groups is 2. The van der Waals surface area contributed by atoms with Crippen LogP contribution >= 0.6 is 0 Å². The van der Waals surface area contributed by atoms with Crippen LogP contribution in [0.2, 0.25) is 0 Å². The number of nitrogens with one attached hydrogen (secondary N) is 1. The van der Waals surface area contributed by atoms with Gasteiger partial charge in [-0.3, -0.25) is 19.6 Å². The molecule has 0 aromatic heterocycles. The molecule has 1 heterocycles. The number of nitrogens with zero attached hydrogens (tertiary/aromatic N) is 2. The molecule has 0 spiro atoms. The molecule has 7 nitrogen and oxygen atoms in total. The standard InChI is InChI=1S/C23H35N3O4/c1-5-6-9-19(15-26(30)16-27)21(28)24-20(23(2,3)4)22(29)25-13-12-17-10-7-8-11-18(17)14-25/h7-8,10-11,16,19-20,30H,5-6,9,12-15H2,1-4H3,(H,24,28)/t19-,20+/m0/s1. The summed E-state index contributed by atoms with van der Waals surface area (Å²) in [6.45, 7) is 8.87.